The predicted molar refractivity (Wildman–Crippen MR) is 187 cm³/mol. The van der Waals surface area contributed by atoms with E-state index >= 15 is 0 Å². The van der Waals surface area contributed by atoms with E-state index in [2.05, 4.69) is 0 Å². The summed E-state index contributed by atoms with van der Waals surface area (Å²) in [6.45, 7) is 0. The molecule has 4 aromatic heterocycles. The monoisotopic (exact) mass is 702 g/mol. The van der Waals surface area contributed by atoms with Crippen LogP contribution in [0.2, 0.25) is 0 Å². The SMILES string of the molecule is N#CC(C#N)=c1cc/c(=C\c2ccc(C3=C4C=C5C(=O)SC(c6ccc(/C=c7\ccc(=C(C#N)C#N)s7)s6)C5C=C4C(=O)S3)s2)s1. The summed E-state index contributed by atoms with van der Waals surface area (Å²) in [5.41, 5.74) is 2.33. The van der Waals surface area contributed by atoms with Crippen LogP contribution in [-0.4, -0.2) is 10.2 Å². The van der Waals surface area contributed by atoms with E-state index in [1.807, 2.05) is 85.0 Å². The summed E-state index contributed by atoms with van der Waals surface area (Å²) in [7, 11) is 0. The van der Waals surface area contributed by atoms with Crippen LogP contribution in [0.3, 0.4) is 0 Å². The number of hydrogen-bond donors (Lipinski definition) is 0. The fraction of sp³-hybridized carbons (Fsp3) is 0.0588. The number of thioether (sulfide) groups is 2. The van der Waals surface area contributed by atoms with Crippen LogP contribution in [0, 0.1) is 51.2 Å². The zero-order chi connectivity index (χ0) is 31.9. The van der Waals surface area contributed by atoms with E-state index in [-0.39, 0.29) is 32.5 Å². The maximum atomic E-state index is 13.3. The Bertz CT molecular complexity index is 2510. The quantitative estimate of drug-likeness (QED) is 0.274. The molecule has 4 aromatic rings. The molecule has 6 nitrogen and oxygen atoms in total. The summed E-state index contributed by atoms with van der Waals surface area (Å²) in [6.07, 6.45) is 7.88. The second-order valence-corrected chi connectivity index (χ2v) is 16.6. The van der Waals surface area contributed by atoms with Gasteiger partial charge in [0.1, 0.15) is 35.4 Å². The number of nitrogens with zero attached hydrogens (tertiary/aromatic N) is 4. The molecule has 0 bridgehead atoms. The van der Waals surface area contributed by atoms with Crippen molar-refractivity contribution in [2.75, 3.05) is 0 Å². The minimum absolute atomic E-state index is 0.0130. The number of nitriles is 4. The lowest BCUT2D eigenvalue weighted by molar-refractivity contribution is -0.108. The molecule has 2 unspecified atom stereocenters. The molecule has 46 heavy (non-hydrogen) atoms. The van der Waals surface area contributed by atoms with Gasteiger partial charge in [0.15, 0.2) is 0 Å². The molecule has 2 aliphatic heterocycles. The number of allylic oxidation sites excluding steroid dienone is 3. The first-order valence-electron chi connectivity index (χ1n) is 13.4. The van der Waals surface area contributed by atoms with Gasteiger partial charge in [-0.3, -0.25) is 9.59 Å². The molecule has 12 heteroatoms. The summed E-state index contributed by atoms with van der Waals surface area (Å²) < 4.78 is 3.11. The van der Waals surface area contributed by atoms with Crippen molar-refractivity contribution >= 4 is 107 Å². The highest BCUT2D eigenvalue weighted by atomic mass is 32.2. The van der Waals surface area contributed by atoms with Gasteiger partial charge >= 0.3 is 0 Å². The van der Waals surface area contributed by atoms with E-state index in [4.69, 9.17) is 21.0 Å². The van der Waals surface area contributed by atoms with Crippen LogP contribution in [0.4, 0.5) is 0 Å². The van der Waals surface area contributed by atoms with Crippen LogP contribution in [0.1, 0.15) is 24.8 Å². The lowest BCUT2D eigenvalue weighted by atomic mass is 9.85. The van der Waals surface area contributed by atoms with E-state index in [1.165, 1.54) is 46.2 Å². The smallest absolute Gasteiger partial charge is 0.224 e. The number of carbonyl (C=O) groups excluding carboxylic acids is 2. The summed E-state index contributed by atoms with van der Waals surface area (Å²) in [4.78, 5) is 31.3. The predicted octanol–water partition coefficient (Wildman–Crippen LogP) is 5.47. The summed E-state index contributed by atoms with van der Waals surface area (Å²) in [6, 6.07) is 23.0. The zero-order valence-electron chi connectivity index (χ0n) is 23.1. The molecular formula is C34H14N4O2S6. The van der Waals surface area contributed by atoms with Crippen molar-refractivity contribution in [3.05, 3.63) is 115 Å². The van der Waals surface area contributed by atoms with Crippen LogP contribution in [0.5, 0.6) is 0 Å². The molecule has 1 aliphatic carbocycles. The molecule has 1 fully saturated rings. The van der Waals surface area contributed by atoms with Crippen molar-refractivity contribution in [2.24, 2.45) is 5.92 Å². The third kappa shape index (κ3) is 5.47. The van der Waals surface area contributed by atoms with E-state index in [0.29, 0.717) is 20.2 Å². The lowest BCUT2D eigenvalue weighted by Crippen LogP contribution is -2.11. The summed E-state index contributed by atoms with van der Waals surface area (Å²) in [5, 5.41) is 36.5. The average Bonchev–Trinajstić information content (AvgIpc) is 3.91. The Morgan fingerprint density at radius 3 is 1.93 bits per heavy atom. The first-order valence-corrected chi connectivity index (χ1v) is 18.4. The van der Waals surface area contributed by atoms with Crippen LogP contribution < -0.4 is 18.1 Å². The van der Waals surface area contributed by atoms with Gasteiger partial charge in [0.05, 0.1) is 14.3 Å². The first-order chi connectivity index (χ1) is 22.4. The maximum Gasteiger partial charge on any atom is 0.224 e. The second kappa shape index (κ2) is 12.4. The Labute approximate surface area is 286 Å². The Morgan fingerprint density at radius 2 is 1.30 bits per heavy atom. The Morgan fingerprint density at radius 1 is 0.696 bits per heavy atom. The minimum Gasteiger partial charge on any atom is -0.282 e. The van der Waals surface area contributed by atoms with Crippen LogP contribution in [0.15, 0.2) is 77.4 Å². The van der Waals surface area contributed by atoms with E-state index < -0.39 is 0 Å². The van der Waals surface area contributed by atoms with E-state index in [9.17, 15) is 9.59 Å². The third-order valence-corrected chi connectivity index (χ3v) is 14.1. The van der Waals surface area contributed by atoms with Gasteiger partial charge in [-0.1, -0.05) is 17.8 Å². The molecule has 0 N–H and O–H groups in total. The molecule has 7 rings (SSSR count). The molecule has 0 saturated carbocycles. The normalized spacial score (nSPS) is 19.1. The van der Waals surface area contributed by atoms with Gasteiger partial charge < -0.3 is 0 Å². The molecule has 3 aliphatic rings. The van der Waals surface area contributed by atoms with Crippen molar-refractivity contribution in [3.8, 4) is 24.3 Å². The Kier molecular flexibility index (Phi) is 8.11. The van der Waals surface area contributed by atoms with Crippen molar-refractivity contribution in [1.29, 1.82) is 21.0 Å². The number of thiophene rings is 4. The van der Waals surface area contributed by atoms with E-state index in [0.717, 1.165) is 39.1 Å². The average molecular weight is 703 g/mol. The highest BCUT2D eigenvalue weighted by Gasteiger charge is 2.44. The third-order valence-electron chi connectivity index (χ3n) is 7.29. The number of fused-ring (bicyclic) bond motifs is 2. The van der Waals surface area contributed by atoms with Crippen molar-refractivity contribution < 1.29 is 9.59 Å². The van der Waals surface area contributed by atoms with Gasteiger partial charge in [0.25, 0.3) is 0 Å². The van der Waals surface area contributed by atoms with Gasteiger partial charge in [0, 0.05) is 56.1 Å². The van der Waals surface area contributed by atoms with Crippen LogP contribution >= 0.6 is 68.9 Å². The van der Waals surface area contributed by atoms with Gasteiger partial charge in [-0.25, -0.2) is 0 Å². The fourth-order valence-electron chi connectivity index (χ4n) is 5.21. The number of carbonyl (C=O) groups is 2. The fourth-order valence-corrected chi connectivity index (χ4v) is 11.7. The van der Waals surface area contributed by atoms with E-state index in [1.54, 1.807) is 34.8 Å². The molecule has 218 valence electrons. The lowest BCUT2D eigenvalue weighted by Gasteiger charge is -2.19. The minimum atomic E-state index is -0.202. The highest BCUT2D eigenvalue weighted by Crippen LogP contribution is 2.57. The second-order valence-electron chi connectivity index (χ2n) is 10.00. The molecule has 0 amide bonds. The topological polar surface area (TPSA) is 129 Å². The Hall–Kier alpha value is -4.50. The molecular weight excluding hydrogens is 689 g/mol. The highest BCUT2D eigenvalue weighted by molar-refractivity contribution is 8.22. The molecule has 0 radical (unpaired) electrons. The Balaban J connectivity index is 1.18. The first kappa shape index (κ1) is 30.2. The van der Waals surface area contributed by atoms with Gasteiger partial charge in [-0.05, 0) is 78.5 Å². The molecule has 6 heterocycles. The van der Waals surface area contributed by atoms with Crippen molar-refractivity contribution in [1.82, 2.24) is 0 Å². The largest absolute Gasteiger partial charge is 0.282 e. The molecule has 0 aromatic carbocycles. The molecule has 2 atom stereocenters. The van der Waals surface area contributed by atoms with Crippen molar-refractivity contribution in [2.45, 2.75) is 5.25 Å². The molecule has 1 saturated heterocycles. The van der Waals surface area contributed by atoms with Crippen molar-refractivity contribution in [3.63, 3.8) is 0 Å². The van der Waals surface area contributed by atoms with Crippen LogP contribution in [-0.2, 0) is 9.59 Å². The number of rotatable bonds is 4. The van der Waals surface area contributed by atoms with Gasteiger partial charge in [-0.2, -0.15) is 21.0 Å². The zero-order valence-corrected chi connectivity index (χ0v) is 28.0. The summed E-state index contributed by atoms with van der Waals surface area (Å²) in [5.74, 6) is -0.202. The standard InChI is InChI=1S/C34H14N4O2S6/c35-13-17(14-36)27-5-1-19(41-27)9-21-3-7-29(43-21)31-23-11-26-24(12-25(23)33(39)45-31)32(46-34(26)40)30-8-4-22(44-30)10-20-2-6-28(42-20)18(15-37)16-38/h1-12,23,31H/b19-9+,20-10+. The van der Waals surface area contributed by atoms with Gasteiger partial charge in [0.2, 0.25) is 10.2 Å². The molecule has 0 spiro atoms. The van der Waals surface area contributed by atoms with Gasteiger partial charge in [-0.15, -0.1) is 45.3 Å². The van der Waals surface area contributed by atoms with Crippen LogP contribution in [0.25, 0.3) is 28.2 Å². The maximum absolute atomic E-state index is 13.3. The number of hydrogen-bond acceptors (Lipinski definition) is 12. The summed E-state index contributed by atoms with van der Waals surface area (Å²) >= 11 is 8.39.